The van der Waals surface area contributed by atoms with Gasteiger partial charge < -0.3 is 19.8 Å². The zero-order valence-corrected chi connectivity index (χ0v) is 30.1. The van der Waals surface area contributed by atoms with Crippen LogP contribution < -0.4 is 0 Å². The van der Waals surface area contributed by atoms with Crippen LogP contribution in [0.3, 0.4) is 0 Å². The highest BCUT2D eigenvalue weighted by atomic mass is 31.1. The van der Waals surface area contributed by atoms with Crippen LogP contribution >= 0.6 is 17.4 Å². The van der Waals surface area contributed by atoms with Crippen molar-refractivity contribution in [2.45, 2.75) is 108 Å². The summed E-state index contributed by atoms with van der Waals surface area (Å²) in [5, 5.41) is 0. The van der Waals surface area contributed by atoms with E-state index in [1.807, 2.05) is 26.2 Å². The SMILES string of the molecule is C=PCC(C)C(=O)N1C(C)CCC1c1ncc(C2CCC(c3ccc(-c4cnc(C5CC6CC6N5C(=O)C(C)CP)[nH]4)cc3)CC2)[nH]1. The maximum absolute atomic E-state index is 13.3. The van der Waals surface area contributed by atoms with Crippen molar-refractivity contribution in [3.8, 4) is 11.3 Å². The fourth-order valence-electron chi connectivity index (χ4n) is 8.58. The van der Waals surface area contributed by atoms with Gasteiger partial charge in [-0.3, -0.25) is 9.59 Å². The summed E-state index contributed by atoms with van der Waals surface area (Å²) in [7, 11) is 3.73. The van der Waals surface area contributed by atoms with E-state index >= 15 is 0 Å². The lowest BCUT2D eigenvalue weighted by Gasteiger charge is -2.30. The summed E-state index contributed by atoms with van der Waals surface area (Å²) in [6, 6.07) is 9.78. The quantitative estimate of drug-likeness (QED) is 0.218. The predicted octanol–water partition coefficient (Wildman–Crippen LogP) is 7.48. The molecule has 1 aromatic carbocycles. The van der Waals surface area contributed by atoms with E-state index < -0.39 is 0 Å². The first-order chi connectivity index (χ1) is 22.8. The maximum atomic E-state index is 13.3. The first kappa shape index (κ1) is 32.7. The second kappa shape index (κ2) is 13.6. The molecule has 2 aromatic heterocycles. The molecule has 3 aromatic rings. The van der Waals surface area contributed by atoms with Gasteiger partial charge in [-0.25, -0.2) is 9.97 Å². The predicted molar refractivity (Wildman–Crippen MR) is 193 cm³/mol. The molecule has 8 unspecified atom stereocenters. The van der Waals surface area contributed by atoms with Gasteiger partial charge in [-0.05, 0) is 87.4 Å². The Labute approximate surface area is 283 Å². The van der Waals surface area contributed by atoms with Gasteiger partial charge in [0.2, 0.25) is 11.8 Å². The van der Waals surface area contributed by atoms with Gasteiger partial charge in [0.05, 0.1) is 24.0 Å². The monoisotopic (exact) mass is 672 g/mol. The summed E-state index contributed by atoms with van der Waals surface area (Å²) in [5.74, 6) is 4.06. The van der Waals surface area contributed by atoms with Crippen LogP contribution in [0, 0.1) is 17.8 Å². The van der Waals surface area contributed by atoms with E-state index in [9.17, 15) is 9.59 Å². The number of nitrogens with one attached hydrogen (secondary N) is 2. The maximum Gasteiger partial charge on any atom is 0.226 e. The van der Waals surface area contributed by atoms with Gasteiger partial charge in [0.25, 0.3) is 0 Å². The molecule has 2 aliphatic heterocycles. The average molecular weight is 673 g/mol. The molecule has 7 rings (SSSR count). The second-order valence-electron chi connectivity index (χ2n) is 14.8. The van der Waals surface area contributed by atoms with Crippen molar-refractivity contribution in [1.82, 2.24) is 29.7 Å². The third-order valence-corrected chi connectivity index (χ3v) is 13.1. The number of imidazole rings is 2. The zero-order chi connectivity index (χ0) is 32.8. The summed E-state index contributed by atoms with van der Waals surface area (Å²) in [6.45, 7) is 6.22. The Bertz CT molecular complexity index is 1590. The summed E-state index contributed by atoms with van der Waals surface area (Å²) in [6.07, 6.45) is 18.2. The Morgan fingerprint density at radius 3 is 2.30 bits per heavy atom. The largest absolute Gasteiger partial charge is 0.344 e. The first-order valence-corrected chi connectivity index (χ1v) is 19.8. The number of nitrogens with zero attached hydrogens (tertiary/aromatic N) is 4. The minimum atomic E-state index is -0.00747. The number of piperidine rings is 1. The van der Waals surface area contributed by atoms with Crippen molar-refractivity contribution in [2.75, 3.05) is 12.3 Å². The third kappa shape index (κ3) is 6.37. The number of carbonyl (C=O) groups is 2. The van der Waals surface area contributed by atoms with Gasteiger partial charge in [-0.15, -0.1) is 17.4 Å². The van der Waals surface area contributed by atoms with Crippen molar-refractivity contribution in [3.05, 3.63) is 59.6 Å². The van der Waals surface area contributed by atoms with E-state index in [1.54, 1.807) is 0 Å². The Morgan fingerprint density at radius 2 is 1.57 bits per heavy atom. The lowest BCUT2D eigenvalue weighted by Crippen LogP contribution is -2.40. The minimum Gasteiger partial charge on any atom is -0.344 e. The normalized spacial score (nSPS) is 30.0. The van der Waals surface area contributed by atoms with Crippen molar-refractivity contribution in [1.29, 1.82) is 0 Å². The highest BCUT2D eigenvalue weighted by Crippen LogP contribution is 2.53. The standard InChI is InChI=1S/C37H50N6O2P2/c1-21(19-46)36(44)43-32-15-28(32)16-33(43)35-39-18-30(41-35)27-12-8-25(9-13-27)24-6-10-26(11-7-24)29-17-38-34(40-29)31-14-5-23(3)42(31)37(45)22(2)20-47-4/h8-9,12-13,17-18,21-24,26,28,31-33H,4-7,10-11,14-16,19-20,46H2,1-3H3,(H,38,40)(H,39,41). The van der Waals surface area contributed by atoms with Crippen molar-refractivity contribution < 1.29 is 9.59 Å². The first-order valence-electron chi connectivity index (χ1n) is 17.7. The lowest BCUT2D eigenvalue weighted by molar-refractivity contribution is -0.137. The number of H-pyrrole nitrogens is 2. The summed E-state index contributed by atoms with van der Waals surface area (Å²) in [5.41, 5.74) is 4.79. The molecule has 10 heteroatoms. The summed E-state index contributed by atoms with van der Waals surface area (Å²) in [4.78, 5) is 47.5. The number of likely N-dealkylation sites (tertiary alicyclic amines) is 2. The fourth-order valence-corrected chi connectivity index (χ4v) is 9.32. The van der Waals surface area contributed by atoms with E-state index in [4.69, 9.17) is 9.97 Å². The van der Waals surface area contributed by atoms with Crippen LogP contribution in [0.1, 0.15) is 119 Å². The molecule has 2 amide bonds. The van der Waals surface area contributed by atoms with Crippen LogP contribution in [0.5, 0.6) is 0 Å². The molecule has 8 nitrogen and oxygen atoms in total. The Hall–Kier alpha value is -2.82. The summed E-state index contributed by atoms with van der Waals surface area (Å²) >= 11 is 0. The number of aromatic amines is 2. The van der Waals surface area contributed by atoms with Crippen LogP contribution in [0.2, 0.25) is 0 Å². The van der Waals surface area contributed by atoms with Crippen molar-refractivity contribution in [3.63, 3.8) is 0 Å². The van der Waals surface area contributed by atoms with Gasteiger partial charge in [-0.2, -0.15) is 0 Å². The number of rotatable bonds is 10. The fraction of sp³-hybridized carbons (Fsp3) is 0.595. The van der Waals surface area contributed by atoms with Gasteiger partial charge in [-0.1, -0.05) is 44.4 Å². The number of hydrogen-bond donors (Lipinski definition) is 2. The van der Waals surface area contributed by atoms with Crippen molar-refractivity contribution in [2.24, 2.45) is 17.8 Å². The molecule has 2 saturated heterocycles. The van der Waals surface area contributed by atoms with E-state index in [1.165, 1.54) is 11.3 Å². The molecule has 250 valence electrons. The molecule has 47 heavy (non-hydrogen) atoms. The van der Waals surface area contributed by atoms with Crippen LogP contribution in [0.15, 0.2) is 36.7 Å². The molecular weight excluding hydrogens is 622 g/mol. The Balaban J connectivity index is 0.958. The van der Waals surface area contributed by atoms with Gasteiger partial charge in [0, 0.05) is 47.9 Å². The zero-order valence-electron chi connectivity index (χ0n) is 28.1. The summed E-state index contributed by atoms with van der Waals surface area (Å²) < 4.78 is 0. The molecule has 4 heterocycles. The average Bonchev–Trinajstić information content (AvgIpc) is 3.58. The minimum absolute atomic E-state index is 0.00747. The molecule has 0 bridgehead atoms. The molecule has 8 atom stereocenters. The van der Waals surface area contributed by atoms with Gasteiger partial charge >= 0.3 is 0 Å². The van der Waals surface area contributed by atoms with E-state index in [0.717, 1.165) is 94.8 Å². The number of fused-ring (bicyclic) bond motifs is 1. The van der Waals surface area contributed by atoms with Crippen LogP contribution in [-0.4, -0.2) is 72.3 Å². The molecule has 2 N–H and O–H groups in total. The molecule has 0 spiro atoms. The van der Waals surface area contributed by atoms with Gasteiger partial charge in [0.1, 0.15) is 11.6 Å². The van der Waals surface area contributed by atoms with Gasteiger partial charge in [0.15, 0.2) is 0 Å². The molecule has 4 aliphatic rings. The molecule has 2 aliphatic carbocycles. The number of hydrogen-bond acceptors (Lipinski definition) is 4. The highest BCUT2D eigenvalue weighted by molar-refractivity contribution is 7.36. The number of aromatic nitrogens is 4. The third-order valence-electron chi connectivity index (χ3n) is 11.6. The van der Waals surface area contributed by atoms with E-state index in [0.29, 0.717) is 23.8 Å². The van der Waals surface area contributed by atoms with Crippen molar-refractivity contribution >= 4 is 35.6 Å². The Kier molecular flexibility index (Phi) is 9.46. The molecule has 2 saturated carbocycles. The van der Waals surface area contributed by atoms with E-state index in [-0.39, 0.29) is 41.8 Å². The van der Waals surface area contributed by atoms with E-state index in [2.05, 4.69) is 66.5 Å². The highest BCUT2D eigenvalue weighted by Gasteiger charge is 2.55. The molecule has 4 fully saturated rings. The number of carbonyl (C=O) groups excluding carboxylic acids is 2. The van der Waals surface area contributed by atoms with Crippen LogP contribution in [0.4, 0.5) is 0 Å². The smallest absolute Gasteiger partial charge is 0.226 e. The lowest BCUT2D eigenvalue weighted by atomic mass is 9.77. The van der Waals surface area contributed by atoms with Crippen LogP contribution in [0.25, 0.3) is 11.3 Å². The topological polar surface area (TPSA) is 98.0 Å². The second-order valence-corrected chi connectivity index (χ2v) is 16.1. The molecular formula is C37H50N6O2P2. The Morgan fingerprint density at radius 1 is 0.894 bits per heavy atom. The molecule has 0 radical (unpaired) electrons. The number of amides is 2. The van der Waals surface area contributed by atoms with Crippen LogP contribution in [-0.2, 0) is 9.59 Å². The number of benzene rings is 1.